The molecule has 1 amide bonds. The summed E-state index contributed by atoms with van der Waals surface area (Å²) in [5.74, 6) is 1.57. The van der Waals surface area contributed by atoms with E-state index >= 15 is 0 Å². The van der Waals surface area contributed by atoms with Crippen molar-refractivity contribution in [1.82, 2.24) is 10.2 Å². The molecule has 4 nitrogen and oxygen atoms in total. The number of piperidine rings is 1. The normalized spacial score (nSPS) is 16.5. The molecule has 0 radical (unpaired) electrons. The van der Waals surface area contributed by atoms with Gasteiger partial charge in [-0.25, -0.2) is 0 Å². The highest BCUT2D eigenvalue weighted by Gasteiger charge is 2.20. The Bertz CT molecular complexity index is 642. The molecule has 2 aromatic rings. The van der Waals surface area contributed by atoms with Crippen molar-refractivity contribution in [3.8, 4) is 0 Å². The van der Waals surface area contributed by atoms with Gasteiger partial charge in [-0.1, -0.05) is 30.3 Å². The van der Waals surface area contributed by atoms with Gasteiger partial charge in [-0.3, -0.25) is 9.69 Å². The van der Waals surface area contributed by atoms with Crippen molar-refractivity contribution in [1.29, 1.82) is 0 Å². The Morgan fingerprint density at radius 1 is 1.17 bits per heavy atom. The number of nitrogens with zero attached hydrogens (tertiary/aromatic N) is 1. The fourth-order valence-electron chi connectivity index (χ4n) is 3.01. The van der Waals surface area contributed by atoms with E-state index in [1.54, 1.807) is 12.3 Å². The van der Waals surface area contributed by atoms with Crippen LogP contribution in [0, 0.1) is 5.92 Å². The monoisotopic (exact) mass is 324 g/mol. The summed E-state index contributed by atoms with van der Waals surface area (Å²) < 4.78 is 5.40. The van der Waals surface area contributed by atoms with E-state index in [-0.39, 0.29) is 5.91 Å². The lowest BCUT2D eigenvalue weighted by molar-refractivity contribution is -0.116. The molecule has 3 rings (SSSR count). The minimum atomic E-state index is -0.0168. The highest BCUT2D eigenvalue weighted by atomic mass is 16.3. The van der Waals surface area contributed by atoms with E-state index in [0.717, 1.165) is 50.3 Å². The average Bonchev–Trinajstić information content (AvgIpc) is 3.13. The van der Waals surface area contributed by atoms with Gasteiger partial charge in [0.25, 0.3) is 0 Å². The van der Waals surface area contributed by atoms with Crippen LogP contribution in [0.3, 0.4) is 0 Å². The van der Waals surface area contributed by atoms with Crippen molar-refractivity contribution in [2.24, 2.45) is 5.92 Å². The minimum Gasteiger partial charge on any atom is -0.468 e. The molecule has 1 aliphatic heterocycles. The van der Waals surface area contributed by atoms with E-state index in [1.807, 2.05) is 48.5 Å². The van der Waals surface area contributed by atoms with Crippen LogP contribution in [0.1, 0.15) is 24.2 Å². The molecule has 1 aromatic heterocycles. The molecule has 24 heavy (non-hydrogen) atoms. The van der Waals surface area contributed by atoms with Crippen LogP contribution in [0.15, 0.2) is 59.2 Å². The number of likely N-dealkylation sites (tertiary alicyclic amines) is 1. The molecule has 0 spiro atoms. The minimum absolute atomic E-state index is 0.0168. The van der Waals surface area contributed by atoms with Crippen LogP contribution in [0.25, 0.3) is 6.08 Å². The zero-order chi connectivity index (χ0) is 16.6. The quantitative estimate of drug-likeness (QED) is 0.829. The molecule has 1 saturated heterocycles. The van der Waals surface area contributed by atoms with Gasteiger partial charge < -0.3 is 9.73 Å². The number of nitrogens with one attached hydrogen (secondary N) is 1. The second-order valence-corrected chi connectivity index (χ2v) is 6.29. The molecular weight excluding hydrogens is 300 g/mol. The van der Waals surface area contributed by atoms with Crippen LogP contribution < -0.4 is 5.32 Å². The summed E-state index contributed by atoms with van der Waals surface area (Å²) in [6, 6.07) is 13.8. The summed E-state index contributed by atoms with van der Waals surface area (Å²) in [4.78, 5) is 14.3. The van der Waals surface area contributed by atoms with E-state index in [4.69, 9.17) is 4.42 Å². The molecular formula is C20H24N2O2. The maximum Gasteiger partial charge on any atom is 0.244 e. The number of benzene rings is 1. The SMILES string of the molecule is O=C(/C=C/c1ccccc1)NCC1CCN(Cc2ccco2)CC1. The molecule has 1 fully saturated rings. The fraction of sp³-hybridized carbons (Fsp3) is 0.350. The van der Waals surface area contributed by atoms with Crippen molar-refractivity contribution in [2.45, 2.75) is 19.4 Å². The topological polar surface area (TPSA) is 45.5 Å². The van der Waals surface area contributed by atoms with Crippen molar-refractivity contribution in [2.75, 3.05) is 19.6 Å². The van der Waals surface area contributed by atoms with Gasteiger partial charge in [-0.15, -0.1) is 0 Å². The van der Waals surface area contributed by atoms with Crippen LogP contribution >= 0.6 is 0 Å². The van der Waals surface area contributed by atoms with Crippen LogP contribution in [0.2, 0.25) is 0 Å². The Hall–Kier alpha value is -2.33. The zero-order valence-corrected chi connectivity index (χ0v) is 13.9. The molecule has 0 bridgehead atoms. The predicted molar refractivity (Wildman–Crippen MR) is 95.2 cm³/mol. The van der Waals surface area contributed by atoms with E-state index in [2.05, 4.69) is 10.2 Å². The molecule has 0 aliphatic carbocycles. The van der Waals surface area contributed by atoms with Gasteiger partial charge in [0.1, 0.15) is 5.76 Å². The van der Waals surface area contributed by atoms with Crippen molar-refractivity contribution in [3.05, 3.63) is 66.1 Å². The van der Waals surface area contributed by atoms with E-state index in [1.165, 1.54) is 0 Å². The standard InChI is InChI=1S/C20H24N2O2/c23-20(9-8-17-5-2-1-3-6-17)21-15-18-10-12-22(13-11-18)16-19-7-4-14-24-19/h1-9,14,18H,10-13,15-16H2,(H,21,23)/b9-8+. The summed E-state index contributed by atoms with van der Waals surface area (Å²) in [7, 11) is 0. The second-order valence-electron chi connectivity index (χ2n) is 6.29. The summed E-state index contributed by atoms with van der Waals surface area (Å²) in [6.45, 7) is 3.75. The summed E-state index contributed by atoms with van der Waals surface area (Å²) in [6.07, 6.45) is 7.41. The summed E-state index contributed by atoms with van der Waals surface area (Å²) >= 11 is 0. The second kappa shape index (κ2) is 8.50. The fourth-order valence-corrected chi connectivity index (χ4v) is 3.01. The molecule has 0 unspecified atom stereocenters. The lowest BCUT2D eigenvalue weighted by Crippen LogP contribution is -2.37. The number of amides is 1. The Morgan fingerprint density at radius 3 is 2.67 bits per heavy atom. The van der Waals surface area contributed by atoms with E-state index in [0.29, 0.717) is 5.92 Å². The number of furan rings is 1. The van der Waals surface area contributed by atoms with Gasteiger partial charge in [0, 0.05) is 12.6 Å². The lowest BCUT2D eigenvalue weighted by atomic mass is 9.96. The molecule has 1 aromatic carbocycles. The first-order valence-electron chi connectivity index (χ1n) is 8.55. The van der Waals surface area contributed by atoms with Gasteiger partial charge in [0.2, 0.25) is 5.91 Å². The van der Waals surface area contributed by atoms with Gasteiger partial charge in [-0.2, -0.15) is 0 Å². The maximum atomic E-state index is 11.9. The molecule has 0 atom stereocenters. The first kappa shape index (κ1) is 16.5. The lowest BCUT2D eigenvalue weighted by Gasteiger charge is -2.31. The number of rotatable bonds is 6. The largest absolute Gasteiger partial charge is 0.468 e. The highest BCUT2D eigenvalue weighted by molar-refractivity contribution is 5.91. The smallest absolute Gasteiger partial charge is 0.244 e. The first-order chi connectivity index (χ1) is 11.8. The van der Waals surface area contributed by atoms with Crippen molar-refractivity contribution in [3.63, 3.8) is 0 Å². The van der Waals surface area contributed by atoms with Crippen LogP contribution in [0.5, 0.6) is 0 Å². The molecule has 1 aliphatic rings. The van der Waals surface area contributed by atoms with Gasteiger partial charge >= 0.3 is 0 Å². The third-order valence-corrected chi connectivity index (χ3v) is 4.46. The Balaban J connectivity index is 1.35. The molecule has 1 N–H and O–H groups in total. The summed E-state index contributed by atoms with van der Waals surface area (Å²) in [5.41, 5.74) is 1.04. The maximum absolute atomic E-state index is 11.9. The Morgan fingerprint density at radius 2 is 1.96 bits per heavy atom. The predicted octanol–water partition coefficient (Wildman–Crippen LogP) is 3.32. The van der Waals surface area contributed by atoms with Gasteiger partial charge in [0.15, 0.2) is 0 Å². The molecule has 0 saturated carbocycles. The van der Waals surface area contributed by atoms with Gasteiger partial charge in [-0.05, 0) is 55.6 Å². The molecule has 126 valence electrons. The number of carbonyl (C=O) groups excluding carboxylic acids is 1. The van der Waals surface area contributed by atoms with Crippen LogP contribution in [-0.2, 0) is 11.3 Å². The zero-order valence-electron chi connectivity index (χ0n) is 13.9. The van der Waals surface area contributed by atoms with Gasteiger partial charge in [0.05, 0.1) is 12.8 Å². The third kappa shape index (κ3) is 5.10. The third-order valence-electron chi connectivity index (χ3n) is 4.46. The average molecular weight is 324 g/mol. The van der Waals surface area contributed by atoms with Crippen molar-refractivity contribution >= 4 is 12.0 Å². The Labute approximate surface area is 143 Å². The number of carbonyl (C=O) groups is 1. The molecule has 2 heterocycles. The van der Waals surface area contributed by atoms with Crippen molar-refractivity contribution < 1.29 is 9.21 Å². The molecule has 4 heteroatoms. The van der Waals surface area contributed by atoms with E-state index < -0.39 is 0 Å². The van der Waals surface area contributed by atoms with E-state index in [9.17, 15) is 4.79 Å². The highest BCUT2D eigenvalue weighted by Crippen LogP contribution is 2.18. The Kier molecular flexibility index (Phi) is 5.85. The van der Waals surface area contributed by atoms with Crippen LogP contribution in [-0.4, -0.2) is 30.4 Å². The summed E-state index contributed by atoms with van der Waals surface area (Å²) in [5, 5.41) is 3.02. The number of hydrogen-bond acceptors (Lipinski definition) is 3. The van der Waals surface area contributed by atoms with Crippen LogP contribution in [0.4, 0.5) is 0 Å². The number of hydrogen-bond donors (Lipinski definition) is 1. The first-order valence-corrected chi connectivity index (χ1v) is 8.55.